The second kappa shape index (κ2) is 4.63. The van der Waals surface area contributed by atoms with Gasteiger partial charge < -0.3 is 10.1 Å². The molecule has 96 valence electrons. The maximum Gasteiger partial charge on any atom is 0.223 e. The van der Waals surface area contributed by atoms with Crippen LogP contribution >= 0.6 is 0 Å². The Balaban J connectivity index is 1.59. The number of benzene rings is 1. The SMILES string of the molecule is C[C@@H](Cc1ccc2c(c1)CCO2)NC(=O)C1CC1. The lowest BCUT2D eigenvalue weighted by Crippen LogP contribution is -2.35. The summed E-state index contributed by atoms with van der Waals surface area (Å²) in [4.78, 5) is 11.7. The third kappa shape index (κ3) is 2.50. The molecule has 1 amide bonds. The van der Waals surface area contributed by atoms with Crippen LogP contribution in [0, 0.1) is 5.92 Å². The average molecular weight is 245 g/mol. The molecule has 0 spiro atoms. The predicted octanol–water partition coefficient (Wildman–Crippen LogP) is 2.08. The Kier molecular flexibility index (Phi) is 2.98. The highest BCUT2D eigenvalue weighted by molar-refractivity contribution is 5.81. The van der Waals surface area contributed by atoms with Crippen LogP contribution in [0.25, 0.3) is 0 Å². The fourth-order valence-electron chi connectivity index (χ4n) is 2.48. The molecule has 1 N–H and O–H groups in total. The molecule has 2 aliphatic rings. The first-order valence-electron chi connectivity index (χ1n) is 6.77. The number of carbonyl (C=O) groups is 1. The molecule has 1 aromatic rings. The molecule has 0 unspecified atom stereocenters. The first-order chi connectivity index (χ1) is 8.72. The molecule has 0 bridgehead atoms. The van der Waals surface area contributed by atoms with E-state index in [9.17, 15) is 4.79 Å². The number of amides is 1. The molecule has 0 saturated heterocycles. The summed E-state index contributed by atoms with van der Waals surface area (Å²) < 4.78 is 5.49. The Hall–Kier alpha value is -1.51. The van der Waals surface area contributed by atoms with Gasteiger partial charge in [-0.3, -0.25) is 4.79 Å². The van der Waals surface area contributed by atoms with Gasteiger partial charge in [0.1, 0.15) is 5.75 Å². The maximum atomic E-state index is 11.7. The van der Waals surface area contributed by atoms with E-state index in [1.807, 2.05) is 6.07 Å². The van der Waals surface area contributed by atoms with Crippen molar-refractivity contribution >= 4 is 5.91 Å². The van der Waals surface area contributed by atoms with Crippen molar-refractivity contribution in [2.45, 2.75) is 38.6 Å². The lowest BCUT2D eigenvalue weighted by Gasteiger charge is -2.14. The Bertz CT molecular complexity index is 466. The van der Waals surface area contributed by atoms with Crippen molar-refractivity contribution < 1.29 is 9.53 Å². The Labute approximate surface area is 108 Å². The molecule has 3 heteroatoms. The van der Waals surface area contributed by atoms with Gasteiger partial charge in [0.15, 0.2) is 0 Å². The second-order valence-electron chi connectivity index (χ2n) is 5.43. The third-order valence-electron chi connectivity index (χ3n) is 3.63. The first kappa shape index (κ1) is 11.6. The highest BCUT2D eigenvalue weighted by atomic mass is 16.5. The highest BCUT2D eigenvalue weighted by Crippen LogP contribution is 2.29. The van der Waals surface area contributed by atoms with E-state index in [-0.39, 0.29) is 11.9 Å². The summed E-state index contributed by atoms with van der Waals surface area (Å²) in [5.74, 6) is 1.54. The van der Waals surface area contributed by atoms with Crippen LogP contribution in [-0.2, 0) is 17.6 Å². The van der Waals surface area contributed by atoms with Crippen LogP contribution in [0.2, 0.25) is 0 Å². The fraction of sp³-hybridized carbons (Fsp3) is 0.533. The second-order valence-corrected chi connectivity index (χ2v) is 5.43. The summed E-state index contributed by atoms with van der Waals surface area (Å²) >= 11 is 0. The lowest BCUT2D eigenvalue weighted by atomic mass is 10.0. The minimum atomic E-state index is 0.207. The molecule has 1 aromatic carbocycles. The molecule has 1 atom stereocenters. The average Bonchev–Trinajstić information content (AvgIpc) is 3.08. The fourth-order valence-corrected chi connectivity index (χ4v) is 2.48. The van der Waals surface area contributed by atoms with E-state index in [0.717, 1.165) is 38.0 Å². The molecule has 18 heavy (non-hydrogen) atoms. The quantitative estimate of drug-likeness (QED) is 0.882. The molecule has 0 radical (unpaired) electrons. The van der Waals surface area contributed by atoms with Crippen molar-refractivity contribution in [1.29, 1.82) is 0 Å². The summed E-state index contributed by atoms with van der Waals surface area (Å²) in [7, 11) is 0. The normalized spacial score (nSPS) is 18.9. The smallest absolute Gasteiger partial charge is 0.223 e. The zero-order valence-electron chi connectivity index (χ0n) is 10.7. The van der Waals surface area contributed by atoms with Crippen molar-refractivity contribution in [1.82, 2.24) is 5.32 Å². The van der Waals surface area contributed by atoms with Gasteiger partial charge in [0.25, 0.3) is 0 Å². The van der Waals surface area contributed by atoms with E-state index < -0.39 is 0 Å². The summed E-state index contributed by atoms with van der Waals surface area (Å²) in [6, 6.07) is 6.57. The van der Waals surface area contributed by atoms with Crippen molar-refractivity contribution in [3.8, 4) is 5.75 Å². The lowest BCUT2D eigenvalue weighted by molar-refractivity contribution is -0.122. The molecule has 1 heterocycles. The molecule has 1 fully saturated rings. The Morgan fingerprint density at radius 1 is 1.50 bits per heavy atom. The topological polar surface area (TPSA) is 38.3 Å². The molecule has 1 aliphatic heterocycles. The van der Waals surface area contributed by atoms with Gasteiger partial charge in [-0.15, -0.1) is 0 Å². The van der Waals surface area contributed by atoms with Crippen LogP contribution in [-0.4, -0.2) is 18.6 Å². The van der Waals surface area contributed by atoms with Crippen molar-refractivity contribution in [2.24, 2.45) is 5.92 Å². The van der Waals surface area contributed by atoms with Gasteiger partial charge in [-0.05, 0) is 43.4 Å². The van der Waals surface area contributed by atoms with E-state index in [1.54, 1.807) is 0 Å². The number of carbonyl (C=O) groups excluding carboxylic acids is 1. The maximum absolute atomic E-state index is 11.7. The number of nitrogens with one attached hydrogen (secondary N) is 1. The van der Waals surface area contributed by atoms with E-state index in [2.05, 4.69) is 24.4 Å². The molecule has 1 aliphatic carbocycles. The largest absolute Gasteiger partial charge is 0.493 e. The third-order valence-corrected chi connectivity index (χ3v) is 3.63. The highest BCUT2D eigenvalue weighted by Gasteiger charge is 2.30. The first-order valence-corrected chi connectivity index (χ1v) is 6.77. The number of rotatable bonds is 4. The predicted molar refractivity (Wildman–Crippen MR) is 69.7 cm³/mol. The van der Waals surface area contributed by atoms with Gasteiger partial charge >= 0.3 is 0 Å². The van der Waals surface area contributed by atoms with E-state index in [4.69, 9.17) is 4.74 Å². The summed E-state index contributed by atoms with van der Waals surface area (Å²) in [6.07, 6.45) is 4.03. The summed E-state index contributed by atoms with van der Waals surface area (Å²) in [6.45, 7) is 2.87. The van der Waals surface area contributed by atoms with Gasteiger partial charge in [0.05, 0.1) is 6.61 Å². The van der Waals surface area contributed by atoms with Gasteiger partial charge in [0, 0.05) is 18.4 Å². The Morgan fingerprint density at radius 3 is 3.11 bits per heavy atom. The van der Waals surface area contributed by atoms with E-state index >= 15 is 0 Å². The van der Waals surface area contributed by atoms with Crippen molar-refractivity contribution in [2.75, 3.05) is 6.61 Å². The molecular weight excluding hydrogens is 226 g/mol. The zero-order valence-corrected chi connectivity index (χ0v) is 10.7. The van der Waals surface area contributed by atoms with Gasteiger partial charge in [-0.1, -0.05) is 12.1 Å². The number of fused-ring (bicyclic) bond motifs is 1. The number of ether oxygens (including phenoxy) is 1. The Morgan fingerprint density at radius 2 is 2.33 bits per heavy atom. The summed E-state index contributed by atoms with van der Waals surface area (Å²) in [5, 5.41) is 3.09. The minimum Gasteiger partial charge on any atom is -0.493 e. The molecule has 1 saturated carbocycles. The van der Waals surface area contributed by atoms with Crippen LogP contribution in [0.4, 0.5) is 0 Å². The van der Waals surface area contributed by atoms with Crippen molar-refractivity contribution in [3.63, 3.8) is 0 Å². The van der Waals surface area contributed by atoms with E-state index in [0.29, 0.717) is 5.92 Å². The zero-order chi connectivity index (χ0) is 12.5. The van der Waals surface area contributed by atoms with Gasteiger partial charge in [0.2, 0.25) is 5.91 Å². The molecular formula is C15H19NO2. The van der Waals surface area contributed by atoms with Gasteiger partial charge in [-0.25, -0.2) is 0 Å². The van der Waals surface area contributed by atoms with Crippen LogP contribution in [0.3, 0.4) is 0 Å². The van der Waals surface area contributed by atoms with Crippen molar-refractivity contribution in [3.05, 3.63) is 29.3 Å². The standard InChI is InChI=1S/C15H19NO2/c1-10(16-15(17)12-3-4-12)8-11-2-5-14-13(9-11)6-7-18-14/h2,5,9-10,12H,3-4,6-8H2,1H3,(H,16,17)/t10-/m0/s1. The van der Waals surface area contributed by atoms with E-state index in [1.165, 1.54) is 11.1 Å². The number of hydrogen-bond acceptors (Lipinski definition) is 2. The minimum absolute atomic E-state index is 0.207. The molecule has 3 rings (SSSR count). The van der Waals surface area contributed by atoms with Crippen LogP contribution in [0.15, 0.2) is 18.2 Å². The number of hydrogen-bond donors (Lipinski definition) is 1. The molecule has 0 aromatic heterocycles. The van der Waals surface area contributed by atoms with Crippen LogP contribution in [0.5, 0.6) is 5.75 Å². The van der Waals surface area contributed by atoms with Gasteiger partial charge in [-0.2, -0.15) is 0 Å². The summed E-state index contributed by atoms with van der Waals surface area (Å²) in [5.41, 5.74) is 2.58. The molecule has 3 nitrogen and oxygen atoms in total. The van der Waals surface area contributed by atoms with Crippen LogP contribution < -0.4 is 10.1 Å². The monoisotopic (exact) mass is 245 g/mol. The van der Waals surface area contributed by atoms with Crippen LogP contribution in [0.1, 0.15) is 30.9 Å².